The molecule has 8 heteroatoms. The van der Waals surface area contributed by atoms with Crippen LogP contribution in [0.4, 0.5) is 0 Å². The van der Waals surface area contributed by atoms with Crippen LogP contribution >= 0.6 is 0 Å². The second-order valence-corrected chi connectivity index (χ2v) is 9.94. The number of piperidine rings is 1. The summed E-state index contributed by atoms with van der Waals surface area (Å²) in [5.41, 5.74) is 2.43. The van der Waals surface area contributed by atoms with Crippen molar-refractivity contribution in [3.05, 3.63) is 65.7 Å². The summed E-state index contributed by atoms with van der Waals surface area (Å²) in [6.07, 6.45) is 1.92. The minimum atomic E-state index is -3.56. The fourth-order valence-electron chi connectivity index (χ4n) is 3.98. The van der Waals surface area contributed by atoms with Crippen LogP contribution < -0.4 is 4.72 Å². The summed E-state index contributed by atoms with van der Waals surface area (Å²) in [5.74, 6) is -0.0599. The lowest BCUT2D eigenvalue weighted by Crippen LogP contribution is -2.45. The molecule has 2 aliphatic rings. The SMILES string of the molecule is Cc1ccc(S(=O)(=O)NCC2CCCN(C(=O)C3=NOC(c4ccccc4)C3)C2)cc1. The molecule has 0 spiro atoms. The summed E-state index contributed by atoms with van der Waals surface area (Å²) in [7, 11) is -3.56. The molecule has 4 rings (SSSR count). The standard InChI is InChI=1S/C23H27N3O4S/c1-17-9-11-20(12-10-17)31(28,29)24-15-18-6-5-13-26(16-18)23(27)21-14-22(30-25-21)19-7-3-2-4-8-19/h2-4,7-12,18,22,24H,5-6,13-16H2,1H3. The minimum absolute atomic E-state index is 0.0609. The zero-order valence-corrected chi connectivity index (χ0v) is 18.3. The number of carbonyl (C=O) groups excluding carboxylic acids is 1. The van der Waals surface area contributed by atoms with E-state index in [4.69, 9.17) is 4.84 Å². The second kappa shape index (κ2) is 9.20. The zero-order chi connectivity index (χ0) is 21.8. The quantitative estimate of drug-likeness (QED) is 0.746. The number of benzene rings is 2. The summed E-state index contributed by atoms with van der Waals surface area (Å²) >= 11 is 0. The van der Waals surface area contributed by atoms with E-state index < -0.39 is 10.0 Å². The van der Waals surface area contributed by atoms with Crippen molar-refractivity contribution in [2.75, 3.05) is 19.6 Å². The van der Waals surface area contributed by atoms with Gasteiger partial charge in [0.15, 0.2) is 6.10 Å². The van der Waals surface area contributed by atoms with Gasteiger partial charge in [0.25, 0.3) is 5.91 Å². The van der Waals surface area contributed by atoms with Gasteiger partial charge in [0.2, 0.25) is 10.0 Å². The molecule has 0 aliphatic carbocycles. The molecule has 2 aromatic carbocycles. The fourth-order valence-corrected chi connectivity index (χ4v) is 5.09. The van der Waals surface area contributed by atoms with Crippen LogP contribution in [-0.4, -0.2) is 44.6 Å². The third kappa shape index (κ3) is 5.14. The third-order valence-corrected chi connectivity index (χ3v) is 7.23. The van der Waals surface area contributed by atoms with Crippen LogP contribution in [-0.2, 0) is 19.7 Å². The first-order valence-corrected chi connectivity index (χ1v) is 12.0. The van der Waals surface area contributed by atoms with Crippen LogP contribution in [0.3, 0.4) is 0 Å². The Morgan fingerprint density at radius 2 is 1.90 bits per heavy atom. The predicted molar refractivity (Wildman–Crippen MR) is 118 cm³/mol. The van der Waals surface area contributed by atoms with E-state index in [1.807, 2.05) is 37.3 Å². The van der Waals surface area contributed by atoms with Crippen LogP contribution in [0.15, 0.2) is 64.6 Å². The number of nitrogens with one attached hydrogen (secondary N) is 1. The predicted octanol–water partition coefficient (Wildman–Crippen LogP) is 3.03. The first-order chi connectivity index (χ1) is 14.9. The van der Waals surface area contributed by atoms with E-state index >= 15 is 0 Å². The number of oxime groups is 1. The van der Waals surface area contributed by atoms with Gasteiger partial charge in [-0.05, 0) is 43.4 Å². The van der Waals surface area contributed by atoms with Crippen molar-refractivity contribution in [2.45, 2.75) is 37.2 Å². The Morgan fingerprint density at radius 3 is 2.65 bits per heavy atom. The Bertz CT molecular complexity index is 1050. The molecule has 1 saturated heterocycles. The van der Waals surface area contributed by atoms with E-state index in [9.17, 15) is 13.2 Å². The molecular weight excluding hydrogens is 414 g/mol. The molecule has 31 heavy (non-hydrogen) atoms. The summed E-state index contributed by atoms with van der Waals surface area (Å²) in [5, 5.41) is 4.04. The van der Waals surface area contributed by atoms with Crippen molar-refractivity contribution in [1.29, 1.82) is 0 Å². The Labute approximate surface area is 183 Å². The van der Waals surface area contributed by atoms with Crippen molar-refractivity contribution < 1.29 is 18.0 Å². The second-order valence-electron chi connectivity index (χ2n) is 8.17. The van der Waals surface area contributed by atoms with Crippen LogP contribution in [0, 0.1) is 12.8 Å². The number of amides is 1. The number of hydrogen-bond donors (Lipinski definition) is 1. The minimum Gasteiger partial charge on any atom is -0.387 e. The first kappa shape index (κ1) is 21.5. The molecule has 1 N–H and O–H groups in total. The molecule has 0 aromatic heterocycles. The summed E-state index contributed by atoms with van der Waals surface area (Å²) in [6, 6.07) is 16.5. The molecule has 0 bridgehead atoms. The van der Waals surface area contributed by atoms with E-state index in [0.717, 1.165) is 24.0 Å². The number of sulfonamides is 1. The van der Waals surface area contributed by atoms with Crippen LogP contribution in [0.5, 0.6) is 0 Å². The van der Waals surface area contributed by atoms with Gasteiger partial charge in [0.05, 0.1) is 4.90 Å². The Balaban J connectivity index is 1.32. The van der Waals surface area contributed by atoms with Crippen LogP contribution in [0.2, 0.25) is 0 Å². The molecule has 2 heterocycles. The highest BCUT2D eigenvalue weighted by atomic mass is 32.2. The smallest absolute Gasteiger partial charge is 0.271 e. The topological polar surface area (TPSA) is 88.1 Å². The third-order valence-electron chi connectivity index (χ3n) is 5.79. The normalized spacial score (nSPS) is 21.5. The summed E-state index contributed by atoms with van der Waals surface area (Å²) < 4.78 is 27.8. The number of rotatable bonds is 6. The molecule has 0 saturated carbocycles. The largest absolute Gasteiger partial charge is 0.387 e. The Hall–Kier alpha value is -2.71. The molecule has 1 amide bonds. The molecule has 1 fully saturated rings. The highest BCUT2D eigenvalue weighted by Crippen LogP contribution is 2.28. The lowest BCUT2D eigenvalue weighted by atomic mass is 9.97. The van der Waals surface area contributed by atoms with Gasteiger partial charge in [0.1, 0.15) is 5.71 Å². The number of hydrogen-bond acceptors (Lipinski definition) is 5. The van der Waals surface area contributed by atoms with E-state index in [0.29, 0.717) is 31.8 Å². The molecule has 7 nitrogen and oxygen atoms in total. The van der Waals surface area contributed by atoms with E-state index in [1.54, 1.807) is 29.2 Å². The lowest BCUT2D eigenvalue weighted by Gasteiger charge is -2.32. The highest BCUT2D eigenvalue weighted by molar-refractivity contribution is 7.89. The van der Waals surface area contributed by atoms with Gasteiger partial charge in [-0.3, -0.25) is 4.79 Å². The van der Waals surface area contributed by atoms with Gasteiger partial charge in [0, 0.05) is 26.1 Å². The Morgan fingerprint density at radius 1 is 1.16 bits per heavy atom. The summed E-state index contributed by atoms with van der Waals surface area (Å²) in [4.78, 5) is 20.5. The van der Waals surface area contributed by atoms with E-state index in [-0.39, 0.29) is 22.8 Å². The molecule has 164 valence electrons. The fraction of sp³-hybridized carbons (Fsp3) is 0.391. The molecule has 2 unspecified atom stereocenters. The zero-order valence-electron chi connectivity index (χ0n) is 17.5. The van der Waals surface area contributed by atoms with Crippen molar-refractivity contribution >= 4 is 21.6 Å². The average Bonchev–Trinajstić information content (AvgIpc) is 3.29. The van der Waals surface area contributed by atoms with Gasteiger partial charge in [-0.1, -0.05) is 53.2 Å². The van der Waals surface area contributed by atoms with Crippen molar-refractivity contribution in [1.82, 2.24) is 9.62 Å². The molecular formula is C23H27N3O4S. The van der Waals surface area contributed by atoms with Crippen LogP contribution in [0.1, 0.15) is 36.5 Å². The van der Waals surface area contributed by atoms with E-state index in [2.05, 4.69) is 9.88 Å². The van der Waals surface area contributed by atoms with Gasteiger partial charge in [-0.2, -0.15) is 0 Å². The van der Waals surface area contributed by atoms with Crippen molar-refractivity contribution in [2.24, 2.45) is 11.1 Å². The van der Waals surface area contributed by atoms with Gasteiger partial charge >= 0.3 is 0 Å². The molecule has 2 aliphatic heterocycles. The van der Waals surface area contributed by atoms with E-state index in [1.165, 1.54) is 0 Å². The maximum atomic E-state index is 13.0. The molecule has 0 radical (unpaired) electrons. The maximum absolute atomic E-state index is 13.0. The summed E-state index contributed by atoms with van der Waals surface area (Å²) in [6.45, 7) is 3.37. The molecule has 2 aromatic rings. The maximum Gasteiger partial charge on any atom is 0.271 e. The lowest BCUT2D eigenvalue weighted by molar-refractivity contribution is -0.125. The van der Waals surface area contributed by atoms with Gasteiger partial charge < -0.3 is 9.74 Å². The van der Waals surface area contributed by atoms with Crippen molar-refractivity contribution in [3.8, 4) is 0 Å². The van der Waals surface area contributed by atoms with Crippen LogP contribution in [0.25, 0.3) is 0 Å². The number of nitrogens with zero attached hydrogens (tertiary/aromatic N) is 2. The van der Waals surface area contributed by atoms with Gasteiger partial charge in [-0.15, -0.1) is 0 Å². The van der Waals surface area contributed by atoms with Crippen molar-refractivity contribution in [3.63, 3.8) is 0 Å². The number of carbonyl (C=O) groups is 1. The average molecular weight is 442 g/mol. The molecule has 2 atom stereocenters. The highest BCUT2D eigenvalue weighted by Gasteiger charge is 2.32. The number of likely N-dealkylation sites (tertiary alicyclic amines) is 1. The van der Waals surface area contributed by atoms with Gasteiger partial charge in [-0.25, -0.2) is 13.1 Å². The monoisotopic (exact) mass is 441 g/mol. The number of aryl methyl sites for hydroxylation is 1. The Kier molecular flexibility index (Phi) is 6.38. The first-order valence-electron chi connectivity index (χ1n) is 10.6.